The summed E-state index contributed by atoms with van der Waals surface area (Å²) < 4.78 is 15.7. The van der Waals surface area contributed by atoms with Crippen molar-refractivity contribution in [2.45, 2.75) is 26.9 Å². The van der Waals surface area contributed by atoms with E-state index in [-0.39, 0.29) is 25.4 Å². The lowest BCUT2D eigenvalue weighted by molar-refractivity contribution is -0.151. The van der Waals surface area contributed by atoms with Gasteiger partial charge in [0, 0.05) is 0 Å². The molecule has 0 spiro atoms. The van der Waals surface area contributed by atoms with E-state index in [4.69, 9.17) is 14.2 Å². The summed E-state index contributed by atoms with van der Waals surface area (Å²) in [7, 11) is 1.30. The van der Waals surface area contributed by atoms with Gasteiger partial charge in [-0.25, -0.2) is 4.79 Å². The number of esters is 2. The third kappa shape index (κ3) is 5.67. The fraction of sp³-hybridized carbons (Fsp3) is 0.318. The largest absolute Gasteiger partial charge is 0.489 e. The summed E-state index contributed by atoms with van der Waals surface area (Å²) in [6.07, 6.45) is 0.125. The second-order valence-electron chi connectivity index (χ2n) is 6.21. The molecule has 0 amide bonds. The van der Waals surface area contributed by atoms with Crippen molar-refractivity contribution >= 4 is 17.7 Å². The van der Waals surface area contributed by atoms with Gasteiger partial charge in [-0.3, -0.25) is 9.59 Å². The number of methoxy groups -OCH3 is 1. The molecule has 2 rings (SSSR count). The summed E-state index contributed by atoms with van der Waals surface area (Å²) in [6.45, 7) is 3.52. The second-order valence-corrected chi connectivity index (χ2v) is 6.21. The maximum Gasteiger partial charge on any atom is 0.337 e. The number of hydrogen-bond donors (Lipinski definition) is 0. The molecule has 1 atom stereocenters. The average molecular weight is 384 g/mol. The van der Waals surface area contributed by atoms with Gasteiger partial charge in [0.05, 0.1) is 19.3 Å². The van der Waals surface area contributed by atoms with E-state index in [1.807, 2.05) is 30.3 Å². The molecular weight excluding hydrogens is 360 g/mol. The molecule has 0 fully saturated rings. The van der Waals surface area contributed by atoms with Gasteiger partial charge in [0.2, 0.25) is 0 Å². The smallest absolute Gasteiger partial charge is 0.337 e. The Morgan fingerprint density at radius 1 is 1.04 bits per heavy atom. The van der Waals surface area contributed by atoms with Crippen molar-refractivity contribution in [1.82, 2.24) is 0 Å². The van der Waals surface area contributed by atoms with E-state index in [1.165, 1.54) is 14.0 Å². The summed E-state index contributed by atoms with van der Waals surface area (Å²) in [4.78, 5) is 36.0. The van der Waals surface area contributed by atoms with E-state index in [0.29, 0.717) is 16.9 Å². The fourth-order valence-electron chi connectivity index (χ4n) is 2.69. The average Bonchev–Trinajstić information content (AvgIpc) is 2.70. The lowest BCUT2D eigenvalue weighted by Gasteiger charge is -2.17. The van der Waals surface area contributed by atoms with E-state index in [1.54, 1.807) is 25.1 Å². The first-order valence-electron chi connectivity index (χ1n) is 9.01. The number of carbonyl (C=O) groups excluding carboxylic acids is 3. The van der Waals surface area contributed by atoms with Gasteiger partial charge in [-0.05, 0) is 43.5 Å². The van der Waals surface area contributed by atoms with Crippen molar-refractivity contribution in [1.29, 1.82) is 0 Å². The lowest BCUT2D eigenvalue weighted by Crippen LogP contribution is -2.26. The minimum absolute atomic E-state index is 0.125. The Balaban J connectivity index is 2.31. The second kappa shape index (κ2) is 10.3. The fourth-order valence-corrected chi connectivity index (χ4v) is 2.69. The van der Waals surface area contributed by atoms with Crippen LogP contribution in [0.5, 0.6) is 5.75 Å². The third-order valence-corrected chi connectivity index (χ3v) is 4.21. The molecule has 0 bridgehead atoms. The Bertz CT molecular complexity index is 828. The molecule has 28 heavy (non-hydrogen) atoms. The topological polar surface area (TPSA) is 78.9 Å². The first-order chi connectivity index (χ1) is 13.5. The Morgan fingerprint density at radius 3 is 2.36 bits per heavy atom. The molecule has 1 unspecified atom stereocenters. The molecule has 2 aromatic rings. The SMILES string of the molecule is CCOC(=O)C(Cc1ccc(C(=O)OC)cc1OCc1ccccc1)C(C)=O. The van der Waals surface area contributed by atoms with E-state index in [0.717, 1.165) is 5.56 Å². The van der Waals surface area contributed by atoms with Crippen LogP contribution in [-0.4, -0.2) is 31.4 Å². The molecular formula is C22H24O6. The molecule has 0 N–H and O–H groups in total. The van der Waals surface area contributed by atoms with Crippen molar-refractivity contribution in [2.24, 2.45) is 5.92 Å². The van der Waals surface area contributed by atoms with Crippen LogP contribution in [0.3, 0.4) is 0 Å². The van der Waals surface area contributed by atoms with Crippen molar-refractivity contribution in [2.75, 3.05) is 13.7 Å². The normalized spacial score (nSPS) is 11.4. The Hall–Kier alpha value is -3.15. The van der Waals surface area contributed by atoms with Crippen LogP contribution >= 0.6 is 0 Å². The van der Waals surface area contributed by atoms with Crippen LogP contribution < -0.4 is 4.74 Å². The molecule has 6 nitrogen and oxygen atoms in total. The van der Waals surface area contributed by atoms with Gasteiger partial charge >= 0.3 is 11.9 Å². The van der Waals surface area contributed by atoms with Crippen molar-refractivity contribution in [3.05, 3.63) is 65.2 Å². The van der Waals surface area contributed by atoms with Gasteiger partial charge in [-0.1, -0.05) is 36.4 Å². The Kier molecular flexibility index (Phi) is 7.75. The monoisotopic (exact) mass is 384 g/mol. The maximum absolute atomic E-state index is 12.1. The molecule has 0 radical (unpaired) electrons. The number of hydrogen-bond acceptors (Lipinski definition) is 6. The first-order valence-corrected chi connectivity index (χ1v) is 9.01. The summed E-state index contributed by atoms with van der Waals surface area (Å²) >= 11 is 0. The highest BCUT2D eigenvalue weighted by Gasteiger charge is 2.26. The van der Waals surface area contributed by atoms with Gasteiger partial charge in [0.15, 0.2) is 0 Å². The standard InChI is InChI=1S/C22H24O6/c1-4-27-22(25)19(15(2)23)12-17-10-11-18(21(24)26-3)13-20(17)28-14-16-8-6-5-7-9-16/h5-11,13,19H,4,12,14H2,1-3H3. The highest BCUT2D eigenvalue weighted by molar-refractivity contribution is 5.98. The van der Waals surface area contributed by atoms with Gasteiger partial charge < -0.3 is 14.2 Å². The van der Waals surface area contributed by atoms with Crippen LogP contribution in [0, 0.1) is 5.92 Å². The van der Waals surface area contributed by atoms with E-state index >= 15 is 0 Å². The van der Waals surface area contributed by atoms with Crippen LogP contribution in [0.15, 0.2) is 48.5 Å². The minimum atomic E-state index is -0.928. The molecule has 0 heterocycles. The first kappa shape index (κ1) is 21.2. The molecule has 2 aromatic carbocycles. The number of ether oxygens (including phenoxy) is 3. The summed E-state index contributed by atoms with van der Waals surface area (Å²) in [5.41, 5.74) is 1.91. The van der Waals surface area contributed by atoms with Crippen LogP contribution in [0.2, 0.25) is 0 Å². The van der Waals surface area contributed by atoms with Crippen LogP contribution in [0.1, 0.15) is 35.3 Å². The minimum Gasteiger partial charge on any atom is -0.489 e. The number of Topliss-reactive ketones (excluding diaryl/α,β-unsaturated/α-hetero) is 1. The summed E-state index contributed by atoms with van der Waals surface area (Å²) in [6, 6.07) is 14.4. The van der Waals surface area contributed by atoms with Gasteiger partial charge in [-0.15, -0.1) is 0 Å². The van der Waals surface area contributed by atoms with Gasteiger partial charge in [-0.2, -0.15) is 0 Å². The predicted octanol–water partition coefficient (Wildman–Crippen LogP) is 3.36. The zero-order valence-electron chi connectivity index (χ0n) is 16.3. The predicted molar refractivity (Wildman–Crippen MR) is 103 cm³/mol. The zero-order valence-corrected chi connectivity index (χ0v) is 16.3. The number of ketones is 1. The quantitative estimate of drug-likeness (QED) is 0.487. The van der Waals surface area contributed by atoms with Crippen molar-refractivity contribution in [3.8, 4) is 5.75 Å². The van der Waals surface area contributed by atoms with E-state index in [2.05, 4.69) is 0 Å². The van der Waals surface area contributed by atoms with Crippen LogP contribution in [-0.2, 0) is 32.1 Å². The molecule has 6 heteroatoms. The van der Waals surface area contributed by atoms with Crippen LogP contribution in [0.4, 0.5) is 0 Å². The highest BCUT2D eigenvalue weighted by Crippen LogP contribution is 2.26. The highest BCUT2D eigenvalue weighted by atomic mass is 16.5. The zero-order chi connectivity index (χ0) is 20.5. The Labute approximate surface area is 164 Å². The molecule has 0 aliphatic carbocycles. The maximum atomic E-state index is 12.1. The van der Waals surface area contributed by atoms with Gasteiger partial charge in [0.25, 0.3) is 0 Å². The molecule has 0 aliphatic rings. The number of carbonyl (C=O) groups is 3. The van der Waals surface area contributed by atoms with Crippen molar-refractivity contribution in [3.63, 3.8) is 0 Å². The number of rotatable bonds is 9. The van der Waals surface area contributed by atoms with Crippen molar-refractivity contribution < 1.29 is 28.6 Å². The lowest BCUT2D eigenvalue weighted by atomic mass is 9.94. The van der Waals surface area contributed by atoms with E-state index < -0.39 is 17.9 Å². The van der Waals surface area contributed by atoms with Gasteiger partial charge in [0.1, 0.15) is 24.1 Å². The molecule has 0 aliphatic heterocycles. The summed E-state index contributed by atoms with van der Waals surface area (Å²) in [5, 5.41) is 0. The third-order valence-electron chi connectivity index (χ3n) is 4.21. The molecule has 148 valence electrons. The van der Waals surface area contributed by atoms with E-state index in [9.17, 15) is 14.4 Å². The Morgan fingerprint density at radius 2 is 1.75 bits per heavy atom. The summed E-state index contributed by atoms with van der Waals surface area (Å²) in [5.74, 6) is -1.86. The van der Waals surface area contributed by atoms with Crippen LogP contribution in [0.25, 0.3) is 0 Å². The molecule has 0 saturated carbocycles. The molecule has 0 aromatic heterocycles. The molecule has 0 saturated heterocycles. The number of benzene rings is 2.